The highest BCUT2D eigenvalue weighted by molar-refractivity contribution is 8.18. The van der Waals surface area contributed by atoms with Crippen LogP contribution in [-0.4, -0.2) is 41.7 Å². The van der Waals surface area contributed by atoms with Crippen molar-refractivity contribution >= 4 is 40.6 Å². The lowest BCUT2D eigenvalue weighted by Crippen LogP contribution is -2.28. The average molecular weight is 439 g/mol. The molecule has 6 nitrogen and oxygen atoms in total. The smallest absolute Gasteiger partial charge is 0.344 e. The van der Waals surface area contributed by atoms with Gasteiger partial charge in [0.25, 0.3) is 5.91 Å². The molecule has 1 heterocycles. The summed E-state index contributed by atoms with van der Waals surface area (Å²) in [7, 11) is 0. The summed E-state index contributed by atoms with van der Waals surface area (Å²) in [5, 5.41) is 0.686. The third-order valence-electron chi connectivity index (χ3n) is 4.69. The molecule has 0 saturated carbocycles. The Bertz CT molecular complexity index is 1010. The SMILES string of the molecule is CCOC(=O)COc1ccc(/C=C2/SC(=Nc3c(C)cccc3C)N(CC)C2=O)cc1. The van der Waals surface area contributed by atoms with Crippen LogP contribution in [0.4, 0.5) is 5.69 Å². The van der Waals surface area contributed by atoms with Crippen LogP contribution in [0.1, 0.15) is 30.5 Å². The van der Waals surface area contributed by atoms with Crippen LogP contribution < -0.4 is 4.74 Å². The van der Waals surface area contributed by atoms with Gasteiger partial charge in [0.15, 0.2) is 11.8 Å². The molecule has 3 rings (SSSR count). The standard InChI is InChI=1S/C24H26N2O4S/c1-5-26-23(28)20(31-24(26)25-22-16(3)8-7-9-17(22)4)14-18-10-12-19(13-11-18)30-15-21(27)29-6-2/h7-14H,5-6,15H2,1-4H3/b20-14+,25-24?. The van der Waals surface area contributed by atoms with Gasteiger partial charge in [0, 0.05) is 6.54 Å². The number of benzene rings is 2. The number of aliphatic imine (C=N–C) groups is 1. The van der Waals surface area contributed by atoms with E-state index in [1.54, 1.807) is 24.0 Å². The number of aryl methyl sites for hydroxylation is 2. The predicted molar refractivity (Wildman–Crippen MR) is 125 cm³/mol. The van der Waals surface area contributed by atoms with Crippen LogP contribution in [0.3, 0.4) is 0 Å². The second kappa shape index (κ2) is 10.3. The first-order valence-corrected chi connectivity index (χ1v) is 11.0. The van der Waals surface area contributed by atoms with Crippen LogP contribution in [0.5, 0.6) is 5.75 Å². The van der Waals surface area contributed by atoms with Crippen molar-refractivity contribution in [1.29, 1.82) is 0 Å². The summed E-state index contributed by atoms with van der Waals surface area (Å²) in [6.45, 7) is 8.47. The van der Waals surface area contributed by atoms with Gasteiger partial charge < -0.3 is 9.47 Å². The lowest BCUT2D eigenvalue weighted by atomic mass is 10.1. The Morgan fingerprint density at radius 2 is 1.77 bits per heavy atom. The van der Waals surface area contributed by atoms with Crippen molar-refractivity contribution in [1.82, 2.24) is 4.90 Å². The van der Waals surface area contributed by atoms with E-state index in [-0.39, 0.29) is 12.5 Å². The van der Waals surface area contributed by atoms with E-state index in [1.807, 2.05) is 57.2 Å². The molecule has 0 aliphatic carbocycles. The number of para-hydroxylation sites is 1. The van der Waals surface area contributed by atoms with Crippen LogP contribution in [0.15, 0.2) is 52.4 Å². The molecule has 31 heavy (non-hydrogen) atoms. The third kappa shape index (κ3) is 5.55. The summed E-state index contributed by atoms with van der Waals surface area (Å²) in [5.74, 6) is 0.102. The first-order chi connectivity index (χ1) is 14.9. The molecule has 0 atom stereocenters. The molecule has 7 heteroatoms. The number of likely N-dealkylation sites (N-methyl/N-ethyl adjacent to an activating group) is 1. The van der Waals surface area contributed by atoms with Crippen LogP contribution in [-0.2, 0) is 14.3 Å². The van der Waals surface area contributed by atoms with Crippen molar-refractivity contribution in [2.45, 2.75) is 27.7 Å². The zero-order valence-electron chi connectivity index (χ0n) is 18.2. The fourth-order valence-corrected chi connectivity index (χ4v) is 4.15. The molecule has 1 amide bonds. The number of hydrogen-bond acceptors (Lipinski definition) is 6. The summed E-state index contributed by atoms with van der Waals surface area (Å²) in [6.07, 6.45) is 1.85. The predicted octanol–water partition coefficient (Wildman–Crippen LogP) is 4.87. The summed E-state index contributed by atoms with van der Waals surface area (Å²) in [6, 6.07) is 13.3. The molecule has 1 aliphatic heterocycles. The second-order valence-corrected chi connectivity index (χ2v) is 7.97. The van der Waals surface area contributed by atoms with Gasteiger partial charge in [-0.05, 0) is 74.4 Å². The summed E-state index contributed by atoms with van der Waals surface area (Å²) < 4.78 is 10.3. The van der Waals surface area contributed by atoms with Crippen molar-refractivity contribution in [2.24, 2.45) is 4.99 Å². The van der Waals surface area contributed by atoms with Gasteiger partial charge in [0.1, 0.15) is 5.75 Å². The number of amides is 1. The fourth-order valence-electron chi connectivity index (χ4n) is 3.10. The lowest BCUT2D eigenvalue weighted by Gasteiger charge is -2.13. The first-order valence-electron chi connectivity index (χ1n) is 10.2. The van der Waals surface area contributed by atoms with Crippen LogP contribution >= 0.6 is 11.8 Å². The monoisotopic (exact) mass is 438 g/mol. The largest absolute Gasteiger partial charge is 0.482 e. The number of thioether (sulfide) groups is 1. The van der Waals surface area contributed by atoms with E-state index in [2.05, 4.69) is 0 Å². The number of hydrogen-bond donors (Lipinski definition) is 0. The number of amidine groups is 1. The van der Waals surface area contributed by atoms with Gasteiger partial charge >= 0.3 is 5.97 Å². The second-order valence-electron chi connectivity index (χ2n) is 6.96. The minimum Gasteiger partial charge on any atom is -0.482 e. The molecular weight excluding hydrogens is 412 g/mol. The van der Waals surface area contributed by atoms with Crippen LogP contribution in [0.25, 0.3) is 6.08 Å². The number of carbonyl (C=O) groups is 2. The van der Waals surface area contributed by atoms with Crippen molar-refractivity contribution in [3.05, 3.63) is 64.1 Å². The van der Waals surface area contributed by atoms with Crippen LogP contribution in [0, 0.1) is 13.8 Å². The first kappa shape index (κ1) is 22.6. The van der Waals surface area contributed by atoms with E-state index in [9.17, 15) is 9.59 Å². The van der Waals surface area contributed by atoms with Crippen molar-refractivity contribution in [3.8, 4) is 5.75 Å². The number of esters is 1. The van der Waals surface area contributed by atoms with Crippen molar-refractivity contribution in [3.63, 3.8) is 0 Å². The van der Waals surface area contributed by atoms with Crippen molar-refractivity contribution in [2.75, 3.05) is 19.8 Å². The van der Waals surface area contributed by atoms with E-state index in [4.69, 9.17) is 14.5 Å². The molecule has 0 aromatic heterocycles. The maximum absolute atomic E-state index is 12.9. The van der Waals surface area contributed by atoms with Crippen LogP contribution in [0.2, 0.25) is 0 Å². The summed E-state index contributed by atoms with van der Waals surface area (Å²) >= 11 is 1.38. The molecule has 0 radical (unpaired) electrons. The highest BCUT2D eigenvalue weighted by atomic mass is 32.2. The minimum atomic E-state index is -0.406. The Labute approximate surface area is 187 Å². The van der Waals surface area contributed by atoms with Gasteiger partial charge in [-0.3, -0.25) is 9.69 Å². The molecule has 1 aliphatic rings. The Morgan fingerprint density at radius 1 is 1.10 bits per heavy atom. The van der Waals surface area contributed by atoms with E-state index < -0.39 is 5.97 Å². The quantitative estimate of drug-likeness (QED) is 0.456. The Balaban J connectivity index is 1.78. The van der Waals surface area contributed by atoms with Gasteiger partial charge in [-0.15, -0.1) is 0 Å². The van der Waals surface area contributed by atoms with Gasteiger partial charge in [-0.1, -0.05) is 30.3 Å². The molecule has 0 spiro atoms. The molecule has 0 bridgehead atoms. The fraction of sp³-hybridized carbons (Fsp3) is 0.292. The molecule has 2 aromatic carbocycles. The Morgan fingerprint density at radius 3 is 2.39 bits per heavy atom. The van der Waals surface area contributed by atoms with Crippen molar-refractivity contribution < 1.29 is 19.1 Å². The number of rotatable bonds is 7. The third-order valence-corrected chi connectivity index (χ3v) is 5.70. The number of ether oxygens (including phenoxy) is 2. The zero-order chi connectivity index (χ0) is 22.4. The molecule has 162 valence electrons. The molecule has 1 saturated heterocycles. The van der Waals surface area contributed by atoms with E-state index >= 15 is 0 Å². The molecule has 0 unspecified atom stereocenters. The Kier molecular flexibility index (Phi) is 7.52. The molecule has 2 aromatic rings. The maximum atomic E-state index is 12.9. The molecule has 0 N–H and O–H groups in total. The average Bonchev–Trinajstić information content (AvgIpc) is 3.04. The molecule has 1 fully saturated rings. The zero-order valence-corrected chi connectivity index (χ0v) is 19.0. The van der Waals surface area contributed by atoms with Gasteiger partial charge in [-0.2, -0.15) is 0 Å². The lowest BCUT2D eigenvalue weighted by molar-refractivity contribution is -0.145. The summed E-state index contributed by atoms with van der Waals surface area (Å²) in [4.78, 5) is 31.4. The number of carbonyl (C=O) groups excluding carboxylic acids is 2. The highest BCUT2D eigenvalue weighted by Gasteiger charge is 2.32. The Hall–Kier alpha value is -3.06. The van der Waals surface area contributed by atoms with E-state index in [0.29, 0.717) is 29.0 Å². The van der Waals surface area contributed by atoms with Gasteiger partial charge in [-0.25, -0.2) is 9.79 Å². The topological polar surface area (TPSA) is 68.2 Å². The van der Waals surface area contributed by atoms with Gasteiger partial charge in [0.2, 0.25) is 0 Å². The number of nitrogens with zero attached hydrogens (tertiary/aromatic N) is 2. The maximum Gasteiger partial charge on any atom is 0.344 e. The van der Waals surface area contributed by atoms with E-state index in [1.165, 1.54) is 11.8 Å². The molecular formula is C24H26N2O4S. The van der Waals surface area contributed by atoms with Gasteiger partial charge in [0.05, 0.1) is 17.2 Å². The van der Waals surface area contributed by atoms with E-state index in [0.717, 1.165) is 22.4 Å². The highest BCUT2D eigenvalue weighted by Crippen LogP contribution is 2.35. The minimum absolute atomic E-state index is 0.0554. The normalized spacial score (nSPS) is 16.3. The summed E-state index contributed by atoms with van der Waals surface area (Å²) in [5.41, 5.74) is 3.92.